The molecule has 0 aromatic carbocycles. The average Bonchev–Trinajstić information content (AvgIpc) is 3.21. The van der Waals surface area contributed by atoms with E-state index in [2.05, 4.69) is 17.2 Å². The van der Waals surface area contributed by atoms with Gasteiger partial charge >= 0.3 is 0 Å². The third-order valence-corrected chi connectivity index (χ3v) is 8.97. The topological polar surface area (TPSA) is 65.5 Å². The van der Waals surface area contributed by atoms with E-state index in [-0.39, 0.29) is 23.7 Å². The molecule has 0 saturated heterocycles. The lowest BCUT2D eigenvalue weighted by Gasteiger charge is -2.33. The second-order valence-corrected chi connectivity index (χ2v) is 10.8. The van der Waals surface area contributed by atoms with E-state index < -0.39 is 0 Å². The summed E-state index contributed by atoms with van der Waals surface area (Å²) in [5.74, 6) is 2.73. The summed E-state index contributed by atoms with van der Waals surface area (Å²) in [4.78, 5) is 20.1. The molecular formula is C22H33N3O2S. The Kier molecular flexibility index (Phi) is 4.80. The standard InChI is InChI=1S/C22H33N3O2S/c1-2-25(17-6-4-3-5-7-17)19(26)11-18-20(27)23-21(28-18)24-22-12-14-8-15(13-22)10-16(22)9-14/h14-17,27H,2-13H2,1H3,(H,23,24). The van der Waals surface area contributed by atoms with Crippen LogP contribution >= 0.6 is 11.3 Å². The van der Waals surface area contributed by atoms with Crippen molar-refractivity contribution in [1.29, 1.82) is 0 Å². The van der Waals surface area contributed by atoms with Crippen LogP contribution in [0.3, 0.4) is 0 Å². The minimum absolute atomic E-state index is 0.0506. The third-order valence-electron chi connectivity index (χ3n) is 8.01. The number of amides is 1. The second kappa shape index (κ2) is 7.19. The van der Waals surface area contributed by atoms with E-state index >= 15 is 0 Å². The Morgan fingerprint density at radius 3 is 2.61 bits per heavy atom. The maximum atomic E-state index is 13.0. The molecule has 5 saturated carbocycles. The van der Waals surface area contributed by atoms with Crippen LogP contribution in [-0.2, 0) is 11.2 Å². The van der Waals surface area contributed by atoms with Crippen LogP contribution in [0.2, 0.25) is 0 Å². The van der Waals surface area contributed by atoms with Gasteiger partial charge in [-0.25, -0.2) is 0 Å². The van der Waals surface area contributed by atoms with Crippen molar-refractivity contribution in [2.24, 2.45) is 17.8 Å². The molecule has 2 unspecified atom stereocenters. The molecule has 6 rings (SSSR count). The molecule has 1 aromatic rings. The van der Waals surface area contributed by atoms with Crippen molar-refractivity contribution in [3.8, 4) is 5.88 Å². The lowest BCUT2D eigenvalue weighted by molar-refractivity contribution is -0.133. The number of rotatable bonds is 6. The number of carbonyl (C=O) groups excluding carboxylic acids is 1. The number of aromatic nitrogens is 1. The maximum absolute atomic E-state index is 13.0. The summed E-state index contributed by atoms with van der Waals surface area (Å²) < 4.78 is 0. The van der Waals surface area contributed by atoms with E-state index in [9.17, 15) is 9.90 Å². The van der Waals surface area contributed by atoms with Crippen LogP contribution in [-0.4, -0.2) is 39.0 Å². The number of aromatic hydroxyl groups is 1. The maximum Gasteiger partial charge on any atom is 0.228 e. The fourth-order valence-electron chi connectivity index (χ4n) is 7.00. The van der Waals surface area contributed by atoms with Crippen molar-refractivity contribution >= 4 is 22.4 Å². The molecule has 2 atom stereocenters. The van der Waals surface area contributed by atoms with Gasteiger partial charge in [-0.3, -0.25) is 4.79 Å². The Morgan fingerprint density at radius 1 is 1.21 bits per heavy atom. The van der Waals surface area contributed by atoms with Crippen LogP contribution in [0.5, 0.6) is 5.88 Å². The van der Waals surface area contributed by atoms with Crippen molar-refractivity contribution in [3.05, 3.63) is 4.88 Å². The highest BCUT2D eigenvalue weighted by molar-refractivity contribution is 7.16. The van der Waals surface area contributed by atoms with Gasteiger partial charge < -0.3 is 15.3 Å². The summed E-state index contributed by atoms with van der Waals surface area (Å²) in [6.45, 7) is 2.82. The Balaban J connectivity index is 1.27. The summed E-state index contributed by atoms with van der Waals surface area (Å²) in [5, 5.41) is 15.0. The monoisotopic (exact) mass is 403 g/mol. The van der Waals surface area contributed by atoms with Gasteiger partial charge in [0.05, 0.1) is 11.3 Å². The zero-order chi connectivity index (χ0) is 19.3. The Bertz CT molecular complexity index is 728. The van der Waals surface area contributed by atoms with Crippen molar-refractivity contribution < 1.29 is 9.90 Å². The molecule has 1 aromatic heterocycles. The fourth-order valence-corrected chi connectivity index (χ4v) is 7.95. The van der Waals surface area contributed by atoms with Crippen molar-refractivity contribution in [2.75, 3.05) is 11.9 Å². The van der Waals surface area contributed by atoms with E-state index in [4.69, 9.17) is 0 Å². The number of likely N-dealkylation sites (N-methyl/N-ethyl adjacent to an activating group) is 1. The number of nitrogens with one attached hydrogen (secondary N) is 1. The van der Waals surface area contributed by atoms with E-state index in [0.29, 0.717) is 6.04 Å². The highest BCUT2D eigenvalue weighted by Crippen LogP contribution is 2.61. The van der Waals surface area contributed by atoms with Crippen molar-refractivity contribution in [2.45, 2.75) is 89.1 Å². The second-order valence-electron chi connectivity index (χ2n) is 9.74. The molecular weight excluding hydrogens is 370 g/mol. The summed E-state index contributed by atoms with van der Waals surface area (Å²) in [5.41, 5.74) is 0.205. The van der Waals surface area contributed by atoms with Gasteiger partial charge in [0.25, 0.3) is 0 Å². The predicted octanol–water partition coefficient (Wildman–Crippen LogP) is 4.56. The fraction of sp³-hybridized carbons (Fsp3) is 0.818. The Labute approximate surface area is 171 Å². The number of nitrogens with zero attached hydrogens (tertiary/aromatic N) is 2. The van der Waals surface area contributed by atoms with Gasteiger partial charge in [0.1, 0.15) is 0 Å². The number of carbonyl (C=O) groups is 1. The molecule has 28 heavy (non-hydrogen) atoms. The first-order chi connectivity index (χ1) is 13.6. The molecule has 2 N–H and O–H groups in total. The lowest BCUT2D eigenvalue weighted by Crippen LogP contribution is -2.42. The Hall–Kier alpha value is -1.30. The molecule has 0 aliphatic heterocycles. The van der Waals surface area contributed by atoms with E-state index in [0.717, 1.165) is 47.1 Å². The van der Waals surface area contributed by atoms with Crippen molar-refractivity contribution in [1.82, 2.24) is 9.88 Å². The van der Waals surface area contributed by atoms with Crippen LogP contribution in [0.4, 0.5) is 5.13 Å². The molecule has 0 spiro atoms. The molecule has 1 heterocycles. The van der Waals surface area contributed by atoms with Crippen LogP contribution in [0.25, 0.3) is 0 Å². The summed E-state index contributed by atoms with van der Waals surface area (Å²) in [7, 11) is 0. The number of thiazole rings is 1. The summed E-state index contributed by atoms with van der Waals surface area (Å²) in [6, 6.07) is 0.377. The molecule has 5 aliphatic carbocycles. The molecule has 5 fully saturated rings. The zero-order valence-electron chi connectivity index (χ0n) is 17.0. The first-order valence-electron chi connectivity index (χ1n) is 11.3. The molecule has 4 bridgehead atoms. The van der Waals surface area contributed by atoms with Gasteiger partial charge in [-0.15, -0.1) is 0 Å². The quantitative estimate of drug-likeness (QED) is 0.731. The van der Waals surface area contributed by atoms with Crippen LogP contribution in [0.15, 0.2) is 0 Å². The molecule has 154 valence electrons. The van der Waals surface area contributed by atoms with Crippen LogP contribution < -0.4 is 5.32 Å². The average molecular weight is 404 g/mol. The van der Waals surface area contributed by atoms with E-state index in [1.54, 1.807) is 0 Å². The zero-order valence-corrected chi connectivity index (χ0v) is 17.8. The van der Waals surface area contributed by atoms with Crippen molar-refractivity contribution in [3.63, 3.8) is 0 Å². The van der Waals surface area contributed by atoms with Gasteiger partial charge in [0.15, 0.2) is 5.13 Å². The Morgan fingerprint density at radius 2 is 1.93 bits per heavy atom. The number of hydrogen-bond donors (Lipinski definition) is 2. The first-order valence-corrected chi connectivity index (χ1v) is 12.1. The SMILES string of the molecule is CCN(C(=O)Cc1sc(NC23CC4CC(CC2C4)C3)nc1O)C1CCCCC1. The highest BCUT2D eigenvalue weighted by atomic mass is 32.1. The van der Waals surface area contributed by atoms with Gasteiger partial charge in [-0.2, -0.15) is 4.98 Å². The molecule has 0 radical (unpaired) electrons. The van der Waals surface area contributed by atoms with Gasteiger partial charge in [0.2, 0.25) is 11.8 Å². The number of hydrogen-bond acceptors (Lipinski definition) is 5. The smallest absolute Gasteiger partial charge is 0.228 e. The minimum atomic E-state index is 0.0506. The molecule has 5 nitrogen and oxygen atoms in total. The first kappa shape index (κ1) is 18.7. The molecule has 6 heteroatoms. The molecule has 5 aliphatic rings. The van der Waals surface area contributed by atoms with Gasteiger partial charge in [-0.1, -0.05) is 30.6 Å². The molecule has 1 amide bonds. The van der Waals surface area contributed by atoms with Gasteiger partial charge in [0, 0.05) is 18.1 Å². The normalized spacial score (nSPS) is 34.1. The summed E-state index contributed by atoms with van der Waals surface area (Å²) >= 11 is 1.49. The van der Waals surface area contributed by atoms with Crippen LogP contribution in [0.1, 0.15) is 76.0 Å². The minimum Gasteiger partial charge on any atom is -0.492 e. The lowest BCUT2D eigenvalue weighted by atomic mass is 9.80. The van der Waals surface area contributed by atoms with E-state index in [1.165, 1.54) is 62.7 Å². The van der Waals surface area contributed by atoms with E-state index in [1.807, 2.05) is 4.90 Å². The highest BCUT2D eigenvalue weighted by Gasteiger charge is 2.58. The number of anilines is 1. The predicted molar refractivity (Wildman–Crippen MR) is 112 cm³/mol. The van der Waals surface area contributed by atoms with Gasteiger partial charge in [-0.05, 0) is 69.6 Å². The summed E-state index contributed by atoms with van der Waals surface area (Å²) in [6.07, 6.45) is 12.9. The van der Waals surface area contributed by atoms with Crippen LogP contribution in [0, 0.1) is 17.8 Å². The third kappa shape index (κ3) is 3.21. The largest absolute Gasteiger partial charge is 0.492 e.